The molecule has 0 aliphatic heterocycles. The number of amides is 1. The van der Waals surface area contributed by atoms with Crippen LogP contribution in [-0.4, -0.2) is 16.0 Å². The molecule has 0 saturated heterocycles. The average molecular weight is 326 g/mol. The van der Waals surface area contributed by atoms with Crippen molar-refractivity contribution in [2.75, 3.05) is 0 Å². The lowest BCUT2D eigenvalue weighted by molar-refractivity contribution is -0.121. The first kappa shape index (κ1) is 16.2. The molecule has 3 N–H and O–H groups in total. The zero-order valence-corrected chi connectivity index (χ0v) is 13.2. The van der Waals surface area contributed by atoms with Crippen molar-refractivity contribution < 1.29 is 14.3 Å². The Morgan fingerprint density at radius 1 is 1.12 bits per heavy atom. The first-order valence-corrected chi connectivity index (χ1v) is 7.86. The minimum atomic E-state index is -0.437. The van der Waals surface area contributed by atoms with Crippen molar-refractivity contribution in [1.29, 1.82) is 0 Å². The average Bonchev–Trinajstić information content (AvgIpc) is 3.07. The quantitative estimate of drug-likeness (QED) is 0.652. The number of aryl methyl sites for hydroxylation is 1. The van der Waals surface area contributed by atoms with Crippen LogP contribution in [0.5, 0.6) is 0 Å². The minimum Gasteiger partial charge on any atom is -0.392 e. The molecule has 2 aromatic carbocycles. The van der Waals surface area contributed by atoms with Crippen LogP contribution in [-0.2, 0) is 24.4 Å². The Hall–Kier alpha value is -2.66. The molecule has 5 heteroatoms. The zero-order chi connectivity index (χ0) is 16.9. The number of fused-ring (bicyclic) bond motifs is 1. The lowest BCUT2D eigenvalue weighted by atomic mass is 10.1. The number of hydrogen-bond acceptors (Lipinski definition) is 2. The third kappa shape index (κ3) is 3.81. The molecule has 4 nitrogen and oxygen atoms in total. The summed E-state index contributed by atoms with van der Waals surface area (Å²) < 4.78 is 13.3. The molecular weight excluding hydrogens is 307 g/mol. The van der Waals surface area contributed by atoms with Crippen LogP contribution in [0.15, 0.2) is 48.7 Å². The summed E-state index contributed by atoms with van der Waals surface area (Å²) in [5, 5.41) is 13.0. The van der Waals surface area contributed by atoms with Gasteiger partial charge in [-0.25, -0.2) is 4.39 Å². The van der Waals surface area contributed by atoms with Crippen LogP contribution in [0.2, 0.25) is 0 Å². The molecule has 0 unspecified atom stereocenters. The maximum absolute atomic E-state index is 13.3. The molecule has 3 rings (SSSR count). The van der Waals surface area contributed by atoms with Gasteiger partial charge >= 0.3 is 0 Å². The number of aromatic nitrogens is 1. The monoisotopic (exact) mass is 326 g/mol. The van der Waals surface area contributed by atoms with Crippen molar-refractivity contribution in [2.24, 2.45) is 0 Å². The van der Waals surface area contributed by atoms with E-state index < -0.39 is 5.82 Å². The van der Waals surface area contributed by atoms with Crippen LogP contribution in [0, 0.1) is 5.82 Å². The number of aliphatic hydroxyl groups is 1. The van der Waals surface area contributed by atoms with Gasteiger partial charge in [0.1, 0.15) is 5.82 Å². The van der Waals surface area contributed by atoms with E-state index >= 15 is 0 Å². The lowest BCUT2D eigenvalue weighted by Crippen LogP contribution is -2.23. The first-order chi connectivity index (χ1) is 11.7. The van der Waals surface area contributed by atoms with E-state index in [2.05, 4.69) is 16.4 Å². The molecule has 0 aliphatic carbocycles. The predicted molar refractivity (Wildman–Crippen MR) is 90.8 cm³/mol. The summed E-state index contributed by atoms with van der Waals surface area (Å²) in [6, 6.07) is 12.6. The molecule has 24 heavy (non-hydrogen) atoms. The largest absolute Gasteiger partial charge is 0.392 e. The molecule has 1 aromatic heterocycles. The summed E-state index contributed by atoms with van der Waals surface area (Å²) in [5.41, 5.74) is 3.20. The van der Waals surface area contributed by atoms with E-state index in [0.717, 1.165) is 22.0 Å². The number of carbonyl (C=O) groups excluding carboxylic acids is 1. The summed E-state index contributed by atoms with van der Waals surface area (Å²) in [4.78, 5) is 15.1. The van der Waals surface area contributed by atoms with Gasteiger partial charge in [0.2, 0.25) is 5.91 Å². The Bertz CT molecular complexity index is 857. The lowest BCUT2D eigenvalue weighted by Gasteiger charge is -2.07. The number of H-pyrrole nitrogens is 1. The van der Waals surface area contributed by atoms with Crippen LogP contribution in [0.3, 0.4) is 0 Å². The number of benzene rings is 2. The molecule has 3 aromatic rings. The van der Waals surface area contributed by atoms with Gasteiger partial charge in [-0.1, -0.05) is 12.1 Å². The standard InChI is InChI=1S/C19H19FN2O2/c20-17-4-1-14(10-16(17)12-23)11-22-19(24)6-3-13-2-5-18-15(9-13)7-8-21-18/h1-2,4-5,7-10,21,23H,3,6,11-12H2,(H,22,24). The maximum atomic E-state index is 13.3. The normalized spacial score (nSPS) is 10.9. The van der Waals surface area contributed by atoms with Crippen LogP contribution in [0.4, 0.5) is 4.39 Å². The Labute approximate surface area is 139 Å². The van der Waals surface area contributed by atoms with Crippen LogP contribution in [0.1, 0.15) is 23.1 Å². The highest BCUT2D eigenvalue weighted by molar-refractivity contribution is 5.80. The topological polar surface area (TPSA) is 65.1 Å². The highest BCUT2D eigenvalue weighted by Gasteiger charge is 2.06. The van der Waals surface area contributed by atoms with Gasteiger partial charge in [-0.05, 0) is 53.3 Å². The predicted octanol–water partition coefficient (Wildman–Crippen LogP) is 3.05. The number of rotatable bonds is 6. The SMILES string of the molecule is O=C(CCc1ccc2[nH]ccc2c1)NCc1ccc(F)c(CO)c1. The maximum Gasteiger partial charge on any atom is 0.220 e. The molecule has 0 saturated carbocycles. The van der Waals surface area contributed by atoms with E-state index in [0.29, 0.717) is 19.4 Å². The number of hydrogen-bond donors (Lipinski definition) is 3. The number of nitrogens with one attached hydrogen (secondary N) is 2. The second-order valence-electron chi connectivity index (χ2n) is 5.76. The molecule has 0 fully saturated rings. The van der Waals surface area contributed by atoms with Crippen LogP contribution in [0.25, 0.3) is 10.9 Å². The summed E-state index contributed by atoms with van der Waals surface area (Å²) in [6.07, 6.45) is 2.95. The number of carbonyl (C=O) groups is 1. The number of aromatic amines is 1. The van der Waals surface area contributed by atoms with Gasteiger partial charge < -0.3 is 15.4 Å². The number of halogens is 1. The molecule has 0 aliphatic rings. The Balaban J connectivity index is 1.52. The summed E-state index contributed by atoms with van der Waals surface area (Å²) >= 11 is 0. The van der Waals surface area contributed by atoms with Gasteiger partial charge in [0, 0.05) is 30.2 Å². The van der Waals surface area contributed by atoms with Crippen molar-refractivity contribution in [3.05, 3.63) is 71.2 Å². The summed E-state index contributed by atoms with van der Waals surface area (Å²) in [7, 11) is 0. The van der Waals surface area contributed by atoms with E-state index in [1.54, 1.807) is 12.1 Å². The second-order valence-corrected chi connectivity index (χ2v) is 5.76. The van der Waals surface area contributed by atoms with E-state index in [1.165, 1.54) is 6.07 Å². The first-order valence-electron chi connectivity index (χ1n) is 7.86. The second kappa shape index (κ2) is 7.27. The molecule has 1 amide bonds. The smallest absolute Gasteiger partial charge is 0.220 e. The minimum absolute atomic E-state index is 0.0564. The fourth-order valence-electron chi connectivity index (χ4n) is 2.66. The van der Waals surface area contributed by atoms with Crippen molar-refractivity contribution in [1.82, 2.24) is 10.3 Å². The van der Waals surface area contributed by atoms with Gasteiger partial charge in [0.05, 0.1) is 6.61 Å². The van der Waals surface area contributed by atoms with Gasteiger partial charge in [0.15, 0.2) is 0 Å². The molecular formula is C19H19FN2O2. The third-order valence-electron chi connectivity index (χ3n) is 4.03. The van der Waals surface area contributed by atoms with E-state index in [4.69, 9.17) is 5.11 Å². The van der Waals surface area contributed by atoms with Gasteiger partial charge in [-0.2, -0.15) is 0 Å². The Kier molecular flexibility index (Phi) is 4.91. The Morgan fingerprint density at radius 2 is 1.96 bits per heavy atom. The highest BCUT2D eigenvalue weighted by atomic mass is 19.1. The van der Waals surface area contributed by atoms with E-state index in [9.17, 15) is 9.18 Å². The van der Waals surface area contributed by atoms with Gasteiger partial charge in [-0.3, -0.25) is 4.79 Å². The molecule has 0 radical (unpaired) electrons. The highest BCUT2D eigenvalue weighted by Crippen LogP contribution is 2.15. The number of aliphatic hydroxyl groups excluding tert-OH is 1. The molecule has 0 atom stereocenters. The van der Waals surface area contributed by atoms with Crippen molar-refractivity contribution in [3.63, 3.8) is 0 Å². The van der Waals surface area contributed by atoms with E-state index in [1.807, 2.05) is 24.4 Å². The fraction of sp³-hybridized carbons (Fsp3) is 0.211. The van der Waals surface area contributed by atoms with Crippen molar-refractivity contribution in [2.45, 2.75) is 26.0 Å². The summed E-state index contributed by atoms with van der Waals surface area (Å²) in [5.74, 6) is -0.494. The van der Waals surface area contributed by atoms with Gasteiger partial charge in [0.25, 0.3) is 0 Å². The van der Waals surface area contributed by atoms with E-state index in [-0.39, 0.29) is 18.1 Å². The van der Waals surface area contributed by atoms with Crippen molar-refractivity contribution in [3.8, 4) is 0 Å². The molecule has 0 bridgehead atoms. The molecule has 1 heterocycles. The fourth-order valence-corrected chi connectivity index (χ4v) is 2.66. The zero-order valence-electron chi connectivity index (χ0n) is 13.2. The Morgan fingerprint density at radius 3 is 2.79 bits per heavy atom. The molecule has 0 spiro atoms. The summed E-state index contributed by atoms with van der Waals surface area (Å²) in [6.45, 7) is -0.0296. The van der Waals surface area contributed by atoms with Crippen molar-refractivity contribution >= 4 is 16.8 Å². The van der Waals surface area contributed by atoms with Crippen LogP contribution >= 0.6 is 0 Å². The molecule has 124 valence electrons. The van der Waals surface area contributed by atoms with Crippen LogP contribution < -0.4 is 5.32 Å². The third-order valence-corrected chi connectivity index (χ3v) is 4.03. The van der Waals surface area contributed by atoms with Gasteiger partial charge in [-0.15, -0.1) is 0 Å².